The average molecular weight is 291 g/mol. The Balaban J connectivity index is 2.36. The van der Waals surface area contributed by atoms with Crippen molar-refractivity contribution in [2.75, 3.05) is 13.6 Å². The van der Waals surface area contributed by atoms with E-state index in [0.717, 1.165) is 11.7 Å². The maximum atomic E-state index is 2.52. The molecule has 1 aliphatic heterocycles. The van der Waals surface area contributed by atoms with Crippen LogP contribution in [0.15, 0.2) is 30.3 Å². The predicted molar refractivity (Wildman–Crippen MR) is 91.5 cm³/mol. The summed E-state index contributed by atoms with van der Waals surface area (Å²) in [5.74, 6) is 0. The van der Waals surface area contributed by atoms with Gasteiger partial charge in [0, 0.05) is 5.56 Å². The molecular formula is C18H32NSi+. The molecule has 1 fully saturated rings. The fourth-order valence-electron chi connectivity index (χ4n) is 4.76. The lowest BCUT2D eigenvalue weighted by atomic mass is 10.1. The predicted octanol–water partition coefficient (Wildman–Crippen LogP) is 5.01. The first kappa shape index (κ1) is 15.8. The molecule has 1 nitrogen and oxygen atoms in total. The van der Waals surface area contributed by atoms with Gasteiger partial charge in [-0.15, -0.1) is 0 Å². The molecule has 0 spiro atoms. The molecule has 1 heterocycles. The Morgan fingerprint density at radius 3 is 1.95 bits per heavy atom. The van der Waals surface area contributed by atoms with Gasteiger partial charge in [-0.2, -0.15) is 0 Å². The van der Waals surface area contributed by atoms with Crippen molar-refractivity contribution in [1.29, 1.82) is 0 Å². The summed E-state index contributed by atoms with van der Waals surface area (Å²) in [5.41, 5.74) is 2.53. The van der Waals surface area contributed by atoms with Crippen LogP contribution in [0.1, 0.15) is 45.7 Å². The molecule has 2 rings (SSSR count). The summed E-state index contributed by atoms with van der Waals surface area (Å²) >= 11 is 0. The summed E-state index contributed by atoms with van der Waals surface area (Å²) < 4.78 is 1.32. The van der Waals surface area contributed by atoms with Gasteiger partial charge in [0.2, 0.25) is 0 Å². The van der Waals surface area contributed by atoms with Crippen molar-refractivity contribution in [3.8, 4) is 0 Å². The van der Waals surface area contributed by atoms with Crippen LogP contribution in [0.3, 0.4) is 0 Å². The first-order chi connectivity index (χ1) is 9.59. The lowest BCUT2D eigenvalue weighted by Crippen LogP contribution is -2.45. The minimum atomic E-state index is -1.13. The highest BCUT2D eigenvalue weighted by Gasteiger charge is 2.70. The molecule has 20 heavy (non-hydrogen) atoms. The second-order valence-corrected chi connectivity index (χ2v) is 12.2. The van der Waals surface area contributed by atoms with Gasteiger partial charge < -0.3 is 4.48 Å². The third-order valence-electron chi connectivity index (χ3n) is 6.07. The number of quaternary nitrogens is 1. The maximum absolute atomic E-state index is 2.52. The molecule has 0 amide bonds. The number of benzene rings is 1. The highest BCUT2D eigenvalue weighted by molar-refractivity contribution is 6.81. The monoisotopic (exact) mass is 290 g/mol. The number of hydrogen-bond donors (Lipinski definition) is 0. The number of rotatable bonds is 7. The Morgan fingerprint density at radius 1 is 0.950 bits per heavy atom. The fraction of sp³-hybridized carbons (Fsp3) is 0.667. The average Bonchev–Trinajstić information content (AvgIpc) is 3.09. The van der Waals surface area contributed by atoms with E-state index in [9.17, 15) is 0 Å². The van der Waals surface area contributed by atoms with Gasteiger partial charge in [-0.1, -0.05) is 76.2 Å². The lowest BCUT2D eigenvalue weighted by molar-refractivity contribution is -0.802. The quantitative estimate of drug-likeness (QED) is 0.376. The van der Waals surface area contributed by atoms with Crippen LogP contribution in [0.2, 0.25) is 18.1 Å². The number of nitrogens with zero attached hydrogens (tertiary/aromatic N) is 1. The van der Waals surface area contributed by atoms with E-state index in [1.807, 2.05) is 0 Å². The van der Waals surface area contributed by atoms with Gasteiger partial charge in [-0.25, -0.2) is 0 Å². The Bertz CT molecular complexity index is 418. The van der Waals surface area contributed by atoms with Crippen molar-refractivity contribution in [2.24, 2.45) is 0 Å². The van der Waals surface area contributed by atoms with E-state index in [4.69, 9.17) is 0 Å². The van der Waals surface area contributed by atoms with Gasteiger partial charge >= 0.3 is 0 Å². The van der Waals surface area contributed by atoms with E-state index in [2.05, 4.69) is 65.1 Å². The summed E-state index contributed by atoms with van der Waals surface area (Å²) in [6.45, 7) is 11.1. The Morgan fingerprint density at radius 2 is 1.50 bits per heavy atom. The number of hydrogen-bond acceptors (Lipinski definition) is 0. The molecule has 1 aromatic carbocycles. The van der Waals surface area contributed by atoms with Crippen molar-refractivity contribution < 1.29 is 4.48 Å². The molecule has 112 valence electrons. The first-order valence-electron chi connectivity index (χ1n) is 8.49. The Hall–Kier alpha value is -0.603. The molecule has 0 N–H and O–H groups in total. The molecule has 2 heteroatoms. The van der Waals surface area contributed by atoms with Gasteiger partial charge in [-0.3, -0.25) is 0 Å². The van der Waals surface area contributed by atoms with Crippen molar-refractivity contribution in [3.63, 3.8) is 0 Å². The molecule has 1 aromatic rings. The van der Waals surface area contributed by atoms with Gasteiger partial charge in [0.25, 0.3) is 0 Å². The van der Waals surface area contributed by atoms with E-state index in [1.165, 1.54) is 35.6 Å². The van der Waals surface area contributed by atoms with Crippen LogP contribution in [0.5, 0.6) is 0 Å². The topological polar surface area (TPSA) is 0 Å². The molecule has 3 atom stereocenters. The van der Waals surface area contributed by atoms with Gasteiger partial charge in [0.05, 0.1) is 13.6 Å². The van der Waals surface area contributed by atoms with Gasteiger partial charge in [-0.05, 0) is 6.42 Å². The smallest absolute Gasteiger partial charge is 0.163 e. The highest BCUT2D eigenvalue weighted by atomic mass is 28.3. The van der Waals surface area contributed by atoms with Crippen LogP contribution < -0.4 is 0 Å². The SMILES string of the molecule is CCC[N+]1(C)[C@H](c2ccccc2)[C@@H]1[Si](CC)(CC)CC. The van der Waals surface area contributed by atoms with Gasteiger partial charge in [0.15, 0.2) is 6.04 Å². The van der Waals surface area contributed by atoms with E-state index < -0.39 is 8.07 Å². The Kier molecular flexibility index (Phi) is 4.75. The van der Waals surface area contributed by atoms with Crippen molar-refractivity contribution in [2.45, 2.75) is 64.0 Å². The van der Waals surface area contributed by atoms with Crippen molar-refractivity contribution in [1.82, 2.24) is 0 Å². The summed E-state index contributed by atoms with van der Waals surface area (Å²) in [6.07, 6.45) is 1.30. The van der Waals surface area contributed by atoms with Crippen LogP contribution in [-0.4, -0.2) is 31.8 Å². The Labute approximate surface area is 126 Å². The van der Waals surface area contributed by atoms with Gasteiger partial charge in [0.1, 0.15) is 13.7 Å². The zero-order chi connectivity index (χ0) is 14.8. The maximum Gasteiger partial charge on any atom is 0.163 e. The number of likely N-dealkylation sites (N-methyl/N-ethyl adjacent to an activating group) is 1. The van der Waals surface area contributed by atoms with Crippen molar-refractivity contribution >= 4 is 8.07 Å². The molecule has 1 aliphatic rings. The molecule has 0 radical (unpaired) electrons. The van der Waals surface area contributed by atoms with Crippen LogP contribution in [0.25, 0.3) is 0 Å². The third kappa shape index (κ3) is 2.37. The minimum absolute atomic E-state index is 0.780. The van der Waals surface area contributed by atoms with E-state index in [-0.39, 0.29) is 0 Å². The normalized spacial score (nSPS) is 29.4. The second kappa shape index (κ2) is 6.03. The van der Waals surface area contributed by atoms with E-state index in [0.29, 0.717) is 0 Å². The molecular weight excluding hydrogens is 258 g/mol. The molecule has 1 saturated heterocycles. The fourth-order valence-corrected chi connectivity index (χ4v) is 10.2. The zero-order valence-corrected chi connectivity index (χ0v) is 15.0. The van der Waals surface area contributed by atoms with Crippen LogP contribution in [0, 0.1) is 0 Å². The third-order valence-corrected chi connectivity index (χ3v) is 12.5. The zero-order valence-electron chi connectivity index (χ0n) is 14.0. The van der Waals surface area contributed by atoms with Crippen LogP contribution in [0.4, 0.5) is 0 Å². The molecule has 1 unspecified atom stereocenters. The second-order valence-electron chi connectivity index (χ2n) is 6.79. The summed E-state index contributed by atoms with van der Waals surface area (Å²) in [7, 11) is 1.39. The summed E-state index contributed by atoms with van der Waals surface area (Å²) in [4.78, 5) is 0. The van der Waals surface area contributed by atoms with Crippen LogP contribution in [-0.2, 0) is 0 Å². The standard InChI is InChI=1S/C18H32NSi/c1-6-15-19(5)17(16-13-11-10-12-14-16)18(19)20(7-2,8-3)9-4/h10-14,17-18H,6-9,15H2,1-5H3/q+1/t17-,18+,19?/m1/s1. The first-order valence-corrected chi connectivity index (χ1v) is 11.2. The summed E-state index contributed by atoms with van der Waals surface area (Å²) in [6, 6.07) is 16.4. The largest absolute Gasteiger partial charge is 0.311 e. The van der Waals surface area contributed by atoms with Crippen molar-refractivity contribution in [3.05, 3.63) is 35.9 Å². The van der Waals surface area contributed by atoms with E-state index >= 15 is 0 Å². The lowest BCUT2D eigenvalue weighted by Gasteiger charge is -2.28. The molecule has 0 aliphatic carbocycles. The molecule has 0 aromatic heterocycles. The minimum Gasteiger partial charge on any atom is -0.311 e. The molecule has 0 saturated carbocycles. The van der Waals surface area contributed by atoms with Crippen LogP contribution >= 0.6 is 0 Å². The summed E-state index contributed by atoms with van der Waals surface area (Å²) in [5, 5.41) is 0. The molecule has 0 bridgehead atoms. The van der Waals surface area contributed by atoms with E-state index in [1.54, 1.807) is 5.56 Å². The highest BCUT2D eigenvalue weighted by Crippen LogP contribution is 2.57.